The van der Waals surface area contributed by atoms with E-state index in [4.69, 9.17) is 15.9 Å². The zero-order chi connectivity index (χ0) is 39.9. The lowest BCUT2D eigenvalue weighted by molar-refractivity contribution is 0.103. The maximum absolute atomic E-state index is 13.2. The molecule has 4 aliphatic rings. The molecule has 4 aromatic carbocycles. The van der Waals surface area contributed by atoms with Gasteiger partial charge in [0.2, 0.25) is 0 Å². The van der Waals surface area contributed by atoms with E-state index >= 15 is 0 Å². The molecular weight excluding hydrogens is 751 g/mol. The summed E-state index contributed by atoms with van der Waals surface area (Å²) in [6, 6.07) is 24.1. The van der Waals surface area contributed by atoms with Gasteiger partial charge in [-0.1, -0.05) is 6.42 Å². The lowest BCUT2D eigenvalue weighted by atomic mass is 9.84. The van der Waals surface area contributed by atoms with E-state index < -0.39 is 0 Å². The summed E-state index contributed by atoms with van der Waals surface area (Å²) in [5.41, 5.74) is 18.0. The molecule has 0 spiro atoms. The SMILES string of the molecule is Nc1oc2ccc(C(=O)c3ccc(F)cc3)cc2c1C1CCN2CCCC2C1.Nc1sc2ccc(C(=O)c3ccc(F)cc3)cc2c1C1CCC2CCCCN2CC1. The molecular formula is C48H50F2N4O3S. The summed E-state index contributed by atoms with van der Waals surface area (Å²) < 4.78 is 33.4. The summed E-state index contributed by atoms with van der Waals surface area (Å²) in [6.45, 7) is 4.67. The highest BCUT2D eigenvalue weighted by Gasteiger charge is 2.35. The summed E-state index contributed by atoms with van der Waals surface area (Å²) in [6.07, 6.45) is 12.2. The van der Waals surface area contributed by atoms with Crippen LogP contribution in [0, 0.1) is 11.6 Å². The number of benzene rings is 4. The number of fused-ring (bicyclic) bond motifs is 4. The van der Waals surface area contributed by atoms with Crippen LogP contribution in [0.5, 0.6) is 0 Å². The molecule has 7 nitrogen and oxygen atoms in total. The summed E-state index contributed by atoms with van der Waals surface area (Å²) in [7, 11) is 0. The second kappa shape index (κ2) is 16.4. The number of nitrogens with zero attached hydrogens (tertiary/aromatic N) is 2. The lowest BCUT2D eigenvalue weighted by Gasteiger charge is -2.34. The van der Waals surface area contributed by atoms with Crippen LogP contribution in [-0.4, -0.2) is 59.6 Å². The zero-order valence-electron chi connectivity index (χ0n) is 32.7. The van der Waals surface area contributed by atoms with Gasteiger partial charge in [0.25, 0.3) is 0 Å². The number of nitrogen functional groups attached to an aromatic ring is 2. The largest absolute Gasteiger partial charge is 0.441 e. The number of carbonyl (C=O) groups is 2. The molecule has 4 aliphatic heterocycles. The number of rotatable bonds is 6. The fourth-order valence-corrected chi connectivity index (χ4v) is 11.3. The van der Waals surface area contributed by atoms with Crippen molar-refractivity contribution in [2.24, 2.45) is 0 Å². The molecule has 0 amide bonds. The summed E-state index contributed by atoms with van der Waals surface area (Å²) in [5, 5.41) is 2.94. The van der Waals surface area contributed by atoms with Crippen molar-refractivity contribution in [2.75, 3.05) is 37.6 Å². The van der Waals surface area contributed by atoms with E-state index in [0.717, 1.165) is 76.4 Å². The molecule has 6 aromatic rings. The van der Waals surface area contributed by atoms with Crippen LogP contribution < -0.4 is 11.5 Å². The molecule has 0 bridgehead atoms. The molecule has 4 unspecified atom stereocenters. The highest BCUT2D eigenvalue weighted by atomic mass is 32.1. The van der Waals surface area contributed by atoms with Crippen molar-refractivity contribution >= 4 is 54.8 Å². The summed E-state index contributed by atoms with van der Waals surface area (Å²) >= 11 is 1.63. The van der Waals surface area contributed by atoms with Crippen molar-refractivity contribution in [3.05, 3.63) is 130 Å². The first kappa shape index (κ1) is 38.6. The number of hydrogen-bond acceptors (Lipinski definition) is 8. The smallest absolute Gasteiger partial charge is 0.195 e. The molecule has 4 atom stereocenters. The van der Waals surface area contributed by atoms with Crippen molar-refractivity contribution in [3.8, 4) is 0 Å². The van der Waals surface area contributed by atoms with Gasteiger partial charge in [0.1, 0.15) is 17.2 Å². The standard InChI is InChI=1S/C25H27FN2OS.C23H23FN2O2/c26-19-8-4-17(5-9-19)24(29)18-7-11-22-21(15-18)23(25(27)30-22)16-6-10-20-3-1-2-13-28(20)14-12-16;24-17-6-3-14(4-7-17)22(27)16-5-8-20-19(13-16)21(23(25)28-20)15-9-11-26-10-1-2-18(26)12-15/h4-5,7-9,11,15-16,20H,1-3,6,10,12-14,27H2;3-8,13,15,18H,1-2,9-12,25H2. The van der Waals surface area contributed by atoms with Gasteiger partial charge < -0.3 is 25.7 Å². The van der Waals surface area contributed by atoms with E-state index in [1.165, 1.54) is 93.6 Å². The van der Waals surface area contributed by atoms with Crippen molar-refractivity contribution in [1.29, 1.82) is 0 Å². The molecule has 4 saturated heterocycles. The molecule has 6 heterocycles. The van der Waals surface area contributed by atoms with Gasteiger partial charge in [-0.15, -0.1) is 11.3 Å². The second-order valence-corrected chi connectivity index (χ2v) is 17.7. The van der Waals surface area contributed by atoms with Gasteiger partial charge in [0.05, 0.1) is 5.00 Å². The van der Waals surface area contributed by atoms with E-state index in [0.29, 0.717) is 46.0 Å². The Morgan fingerprint density at radius 3 is 1.88 bits per heavy atom. The van der Waals surface area contributed by atoms with Gasteiger partial charge in [0, 0.05) is 50.0 Å². The average Bonchev–Trinajstić information content (AvgIpc) is 3.89. The van der Waals surface area contributed by atoms with Crippen molar-refractivity contribution in [3.63, 3.8) is 0 Å². The molecule has 0 saturated carbocycles. The number of thiophene rings is 1. The number of nitrogens with two attached hydrogens (primary N) is 2. The average molecular weight is 801 g/mol. The summed E-state index contributed by atoms with van der Waals surface area (Å²) in [5.74, 6) is 0.383. The predicted octanol–water partition coefficient (Wildman–Crippen LogP) is 10.7. The van der Waals surface area contributed by atoms with Crippen LogP contribution >= 0.6 is 11.3 Å². The monoisotopic (exact) mass is 800 g/mol. The number of carbonyl (C=O) groups excluding carboxylic acids is 2. The Bertz CT molecular complexity index is 2440. The van der Waals surface area contributed by atoms with Crippen molar-refractivity contribution < 1.29 is 22.8 Å². The molecule has 0 aliphatic carbocycles. The molecule has 2 aromatic heterocycles. The fourth-order valence-electron chi connectivity index (χ4n) is 10.2. The molecule has 10 heteroatoms. The van der Waals surface area contributed by atoms with Gasteiger partial charge in [-0.05, 0) is 192 Å². The number of hydrogen-bond donors (Lipinski definition) is 2. The molecule has 300 valence electrons. The highest BCUT2D eigenvalue weighted by Crippen LogP contribution is 2.45. The maximum atomic E-state index is 13.2. The van der Waals surface area contributed by atoms with Crippen molar-refractivity contribution in [2.45, 2.75) is 88.1 Å². The Hall–Kier alpha value is -4.90. The maximum Gasteiger partial charge on any atom is 0.195 e. The Labute approximate surface area is 342 Å². The zero-order valence-corrected chi connectivity index (χ0v) is 33.5. The fraction of sp³-hybridized carbons (Fsp3) is 0.375. The van der Waals surface area contributed by atoms with Crippen LogP contribution in [0.2, 0.25) is 0 Å². The Balaban J connectivity index is 0.000000151. The van der Waals surface area contributed by atoms with E-state index in [1.807, 2.05) is 30.3 Å². The van der Waals surface area contributed by atoms with Crippen molar-refractivity contribution in [1.82, 2.24) is 9.80 Å². The van der Waals surface area contributed by atoms with Crippen LogP contribution in [0.1, 0.15) is 119 Å². The molecule has 58 heavy (non-hydrogen) atoms. The predicted molar refractivity (Wildman–Crippen MR) is 229 cm³/mol. The van der Waals surface area contributed by atoms with Crippen LogP contribution in [0.25, 0.3) is 21.1 Å². The number of halogens is 2. The topological polar surface area (TPSA) is 106 Å². The first-order valence-corrected chi connectivity index (χ1v) is 21.7. The van der Waals surface area contributed by atoms with E-state index in [-0.39, 0.29) is 23.2 Å². The minimum Gasteiger partial charge on any atom is -0.441 e. The number of furan rings is 1. The number of anilines is 2. The Kier molecular flexibility index (Phi) is 10.9. The molecule has 4 fully saturated rings. The highest BCUT2D eigenvalue weighted by molar-refractivity contribution is 7.22. The van der Waals surface area contributed by atoms with Gasteiger partial charge in [-0.25, -0.2) is 8.78 Å². The van der Waals surface area contributed by atoms with Crippen LogP contribution in [0.4, 0.5) is 19.7 Å². The molecule has 10 rings (SSSR count). The minimum atomic E-state index is -0.352. The third-order valence-corrected chi connectivity index (χ3v) is 14.3. The van der Waals surface area contributed by atoms with Crippen LogP contribution in [0.3, 0.4) is 0 Å². The van der Waals surface area contributed by atoms with E-state index in [2.05, 4.69) is 9.80 Å². The third-order valence-electron chi connectivity index (χ3n) is 13.2. The first-order chi connectivity index (χ1) is 28.2. The second-order valence-electron chi connectivity index (χ2n) is 16.7. The normalized spacial score (nSPS) is 22.5. The Morgan fingerprint density at radius 1 is 0.586 bits per heavy atom. The van der Waals surface area contributed by atoms with Gasteiger partial charge in [-0.2, -0.15) is 0 Å². The summed E-state index contributed by atoms with van der Waals surface area (Å²) in [4.78, 5) is 31.1. The molecule has 4 N–H and O–H groups in total. The van der Waals surface area contributed by atoms with E-state index in [1.54, 1.807) is 29.5 Å². The number of piperidine rings is 2. The first-order valence-electron chi connectivity index (χ1n) is 20.9. The molecule has 0 radical (unpaired) electrons. The van der Waals surface area contributed by atoms with Gasteiger partial charge in [-0.3, -0.25) is 9.59 Å². The third kappa shape index (κ3) is 7.70. The quantitative estimate of drug-likeness (QED) is 0.162. The van der Waals surface area contributed by atoms with Gasteiger partial charge in [0.15, 0.2) is 17.5 Å². The van der Waals surface area contributed by atoms with Crippen LogP contribution in [0.15, 0.2) is 89.3 Å². The lowest BCUT2D eigenvalue weighted by Crippen LogP contribution is -2.38. The van der Waals surface area contributed by atoms with Gasteiger partial charge >= 0.3 is 0 Å². The minimum absolute atomic E-state index is 0.0781. The van der Waals surface area contributed by atoms with E-state index in [9.17, 15) is 18.4 Å². The number of ketones is 2. The Morgan fingerprint density at radius 2 is 1.17 bits per heavy atom. The van der Waals surface area contributed by atoms with Crippen LogP contribution in [-0.2, 0) is 0 Å².